The van der Waals surface area contributed by atoms with Crippen molar-refractivity contribution in [2.45, 2.75) is 6.92 Å². The lowest BCUT2D eigenvalue weighted by molar-refractivity contribution is -0.384. The molecule has 0 aliphatic heterocycles. The molecule has 2 rings (SSSR count). The van der Waals surface area contributed by atoms with Crippen LogP contribution < -0.4 is 0 Å². The number of tetrazole rings is 1. The number of nitrogens with zero attached hydrogens (tertiary/aromatic N) is 5. The van der Waals surface area contributed by atoms with Crippen molar-refractivity contribution in [2.24, 2.45) is 0 Å². The Balaban J connectivity index is 2.40. The van der Waals surface area contributed by atoms with E-state index in [9.17, 15) is 10.1 Å². The molecular weight excluding hydrogens is 198 g/mol. The molecule has 0 amide bonds. The topological polar surface area (TPSA) is 86.7 Å². The van der Waals surface area contributed by atoms with Gasteiger partial charge in [-0.3, -0.25) is 10.1 Å². The van der Waals surface area contributed by atoms with Gasteiger partial charge in [0.2, 0.25) is 0 Å². The Morgan fingerprint density at radius 2 is 2.00 bits per heavy atom. The maximum Gasteiger partial charge on any atom is 0.269 e. The van der Waals surface area contributed by atoms with E-state index in [1.165, 1.54) is 16.8 Å². The highest BCUT2D eigenvalue weighted by molar-refractivity contribution is 5.40. The molecule has 76 valence electrons. The summed E-state index contributed by atoms with van der Waals surface area (Å²) in [5, 5.41) is 21.4. The van der Waals surface area contributed by atoms with Crippen LogP contribution in [0.4, 0.5) is 5.69 Å². The molecule has 0 atom stereocenters. The summed E-state index contributed by atoms with van der Waals surface area (Å²) in [5.74, 6) is 0.629. The second kappa shape index (κ2) is 3.45. The second-order valence-corrected chi connectivity index (χ2v) is 2.91. The summed E-state index contributed by atoms with van der Waals surface area (Å²) in [6.07, 6.45) is 0. The van der Waals surface area contributed by atoms with Crippen molar-refractivity contribution in [3.8, 4) is 5.69 Å². The van der Waals surface area contributed by atoms with Crippen molar-refractivity contribution in [3.63, 3.8) is 0 Å². The summed E-state index contributed by atoms with van der Waals surface area (Å²) < 4.78 is 1.50. The minimum atomic E-state index is -0.448. The van der Waals surface area contributed by atoms with E-state index in [-0.39, 0.29) is 5.69 Å². The molecule has 0 N–H and O–H groups in total. The van der Waals surface area contributed by atoms with E-state index in [0.717, 1.165) is 0 Å². The Hall–Kier alpha value is -2.31. The highest BCUT2D eigenvalue weighted by atomic mass is 16.6. The Bertz CT molecular complexity index is 490. The third-order valence-corrected chi connectivity index (χ3v) is 1.93. The molecule has 0 aliphatic carbocycles. The predicted octanol–water partition coefficient (Wildman–Crippen LogP) is 0.879. The van der Waals surface area contributed by atoms with Crippen molar-refractivity contribution in [2.75, 3.05) is 0 Å². The molecule has 0 radical (unpaired) electrons. The molecule has 0 saturated carbocycles. The second-order valence-electron chi connectivity index (χ2n) is 2.91. The van der Waals surface area contributed by atoms with Crippen LogP contribution in [0.3, 0.4) is 0 Å². The van der Waals surface area contributed by atoms with Crippen molar-refractivity contribution in [1.82, 2.24) is 20.2 Å². The Morgan fingerprint density at radius 3 is 2.47 bits per heavy atom. The summed E-state index contributed by atoms with van der Waals surface area (Å²) in [5.41, 5.74) is 0.743. The van der Waals surface area contributed by atoms with Gasteiger partial charge in [0.15, 0.2) is 5.82 Å². The number of rotatable bonds is 2. The van der Waals surface area contributed by atoms with Crippen LogP contribution in [0.1, 0.15) is 5.82 Å². The smallest absolute Gasteiger partial charge is 0.258 e. The fraction of sp³-hybridized carbons (Fsp3) is 0.125. The van der Waals surface area contributed by atoms with Gasteiger partial charge in [0.25, 0.3) is 5.69 Å². The Labute approximate surface area is 84.5 Å². The molecule has 7 heteroatoms. The van der Waals surface area contributed by atoms with Gasteiger partial charge in [-0.25, -0.2) is 0 Å². The Morgan fingerprint density at radius 1 is 1.33 bits per heavy atom. The number of aromatic nitrogens is 4. The number of non-ortho nitro benzene ring substituents is 1. The van der Waals surface area contributed by atoms with Crippen LogP contribution in [-0.4, -0.2) is 25.1 Å². The van der Waals surface area contributed by atoms with Gasteiger partial charge in [-0.1, -0.05) is 0 Å². The van der Waals surface area contributed by atoms with E-state index in [0.29, 0.717) is 11.5 Å². The quantitative estimate of drug-likeness (QED) is 0.536. The predicted molar refractivity (Wildman–Crippen MR) is 50.5 cm³/mol. The van der Waals surface area contributed by atoms with Gasteiger partial charge in [-0.05, 0) is 29.5 Å². The first-order valence-corrected chi connectivity index (χ1v) is 4.18. The van der Waals surface area contributed by atoms with Crippen LogP contribution in [0.15, 0.2) is 24.3 Å². The van der Waals surface area contributed by atoms with Crippen LogP contribution >= 0.6 is 0 Å². The average molecular weight is 205 g/mol. The Kier molecular flexibility index (Phi) is 2.13. The molecule has 0 spiro atoms. The molecule has 1 heterocycles. The lowest BCUT2D eigenvalue weighted by atomic mass is 10.3. The number of hydrogen-bond donors (Lipinski definition) is 0. The molecule has 2 aromatic rings. The SMILES string of the molecule is Cc1nnnn1-c1ccc([N+](=O)[O-])cc1. The molecule has 15 heavy (non-hydrogen) atoms. The zero-order valence-electron chi connectivity index (χ0n) is 7.86. The molecule has 0 saturated heterocycles. The van der Waals surface area contributed by atoms with Crippen molar-refractivity contribution < 1.29 is 4.92 Å². The summed E-state index contributed by atoms with van der Waals surface area (Å²) in [6, 6.07) is 6.02. The third-order valence-electron chi connectivity index (χ3n) is 1.93. The van der Waals surface area contributed by atoms with Gasteiger partial charge in [0.05, 0.1) is 10.6 Å². The van der Waals surface area contributed by atoms with Crippen LogP contribution in [0, 0.1) is 17.0 Å². The summed E-state index contributed by atoms with van der Waals surface area (Å²) in [4.78, 5) is 9.98. The number of benzene rings is 1. The molecule has 1 aromatic carbocycles. The van der Waals surface area contributed by atoms with Gasteiger partial charge in [0.1, 0.15) is 0 Å². The van der Waals surface area contributed by atoms with E-state index in [1.807, 2.05) is 0 Å². The normalized spacial score (nSPS) is 10.2. The number of aryl methyl sites for hydroxylation is 1. The first-order chi connectivity index (χ1) is 7.18. The standard InChI is InChI=1S/C8H7N5O2/c1-6-9-10-11-12(6)7-2-4-8(5-3-7)13(14)15/h2-5H,1H3. The highest BCUT2D eigenvalue weighted by Gasteiger charge is 2.07. The zero-order valence-corrected chi connectivity index (χ0v) is 7.86. The fourth-order valence-electron chi connectivity index (χ4n) is 1.19. The minimum Gasteiger partial charge on any atom is -0.258 e. The van der Waals surface area contributed by atoms with Crippen LogP contribution in [-0.2, 0) is 0 Å². The van der Waals surface area contributed by atoms with Gasteiger partial charge >= 0.3 is 0 Å². The molecule has 0 fully saturated rings. The molecule has 0 unspecified atom stereocenters. The third kappa shape index (κ3) is 1.66. The van der Waals surface area contributed by atoms with Gasteiger partial charge < -0.3 is 0 Å². The summed E-state index contributed by atoms with van der Waals surface area (Å²) in [6.45, 7) is 1.75. The van der Waals surface area contributed by atoms with E-state index < -0.39 is 4.92 Å². The number of nitro groups is 1. The molecule has 0 aliphatic rings. The summed E-state index contributed by atoms with van der Waals surface area (Å²) >= 11 is 0. The van der Waals surface area contributed by atoms with Crippen LogP contribution in [0.2, 0.25) is 0 Å². The average Bonchev–Trinajstić information content (AvgIpc) is 2.65. The van der Waals surface area contributed by atoms with Gasteiger partial charge in [-0.15, -0.1) is 5.10 Å². The first kappa shape index (κ1) is 9.25. The van der Waals surface area contributed by atoms with E-state index in [2.05, 4.69) is 15.5 Å². The van der Waals surface area contributed by atoms with Crippen molar-refractivity contribution in [1.29, 1.82) is 0 Å². The molecule has 7 nitrogen and oxygen atoms in total. The lowest BCUT2D eigenvalue weighted by Gasteiger charge is -1.99. The lowest BCUT2D eigenvalue weighted by Crippen LogP contribution is -1.99. The first-order valence-electron chi connectivity index (χ1n) is 4.18. The van der Waals surface area contributed by atoms with Gasteiger partial charge in [0, 0.05) is 12.1 Å². The van der Waals surface area contributed by atoms with Gasteiger partial charge in [-0.2, -0.15) is 4.68 Å². The maximum absolute atomic E-state index is 10.4. The largest absolute Gasteiger partial charge is 0.269 e. The van der Waals surface area contributed by atoms with Crippen LogP contribution in [0.5, 0.6) is 0 Å². The highest BCUT2D eigenvalue weighted by Crippen LogP contribution is 2.14. The zero-order chi connectivity index (χ0) is 10.8. The van der Waals surface area contributed by atoms with Crippen molar-refractivity contribution >= 4 is 5.69 Å². The molecule has 0 bridgehead atoms. The van der Waals surface area contributed by atoms with E-state index in [1.54, 1.807) is 19.1 Å². The molecular formula is C8H7N5O2. The molecule has 1 aromatic heterocycles. The van der Waals surface area contributed by atoms with Crippen LogP contribution in [0.25, 0.3) is 5.69 Å². The monoisotopic (exact) mass is 205 g/mol. The van der Waals surface area contributed by atoms with E-state index >= 15 is 0 Å². The van der Waals surface area contributed by atoms with E-state index in [4.69, 9.17) is 0 Å². The summed E-state index contributed by atoms with van der Waals surface area (Å²) in [7, 11) is 0. The van der Waals surface area contributed by atoms with Crippen molar-refractivity contribution in [3.05, 3.63) is 40.2 Å². The fourth-order valence-corrected chi connectivity index (χ4v) is 1.19. The number of nitro benzene ring substituents is 1. The maximum atomic E-state index is 10.4. The minimum absolute atomic E-state index is 0.0458. The number of hydrogen-bond acceptors (Lipinski definition) is 5.